The predicted octanol–water partition coefficient (Wildman–Crippen LogP) is 3.27. The maximum absolute atomic E-state index is 5.71. The zero-order valence-electron chi connectivity index (χ0n) is 10.9. The molecule has 19 heavy (non-hydrogen) atoms. The lowest BCUT2D eigenvalue weighted by Crippen LogP contribution is -2.19. The van der Waals surface area contributed by atoms with Gasteiger partial charge in [0.2, 0.25) is 0 Å². The summed E-state index contributed by atoms with van der Waals surface area (Å²) < 4.78 is 8.53. The highest BCUT2D eigenvalue weighted by atomic mass is 32.1. The Hall–Kier alpha value is -1.62. The van der Waals surface area contributed by atoms with E-state index in [-0.39, 0.29) is 5.92 Å². The number of H-pyrrole nitrogens is 1. The fourth-order valence-electron chi connectivity index (χ4n) is 2.65. The van der Waals surface area contributed by atoms with E-state index in [1.54, 1.807) is 0 Å². The summed E-state index contributed by atoms with van der Waals surface area (Å²) in [5.41, 5.74) is 1.21. The zero-order chi connectivity index (χ0) is 13.2. The number of benzene rings is 1. The van der Waals surface area contributed by atoms with Crippen LogP contribution in [0.25, 0.3) is 0 Å². The molecule has 3 rings (SSSR count). The molecule has 5 heteroatoms. The number of ether oxygens (including phenoxy) is 1. The minimum absolute atomic E-state index is 0.268. The van der Waals surface area contributed by atoms with Gasteiger partial charge in [-0.25, -0.2) is 0 Å². The molecule has 0 radical (unpaired) electrons. The molecule has 0 spiro atoms. The molecule has 0 amide bonds. The first kappa shape index (κ1) is 12.4. The Labute approximate surface area is 117 Å². The highest BCUT2D eigenvalue weighted by Crippen LogP contribution is 2.37. The van der Waals surface area contributed by atoms with Gasteiger partial charge in [0.05, 0.1) is 12.5 Å². The maximum atomic E-state index is 5.71. The minimum atomic E-state index is 0.268. The summed E-state index contributed by atoms with van der Waals surface area (Å²) in [6, 6.07) is 8.19. The van der Waals surface area contributed by atoms with Crippen molar-refractivity contribution in [2.45, 2.75) is 32.2 Å². The molecule has 1 atom stereocenters. The lowest BCUT2D eigenvalue weighted by atomic mass is 9.92. The van der Waals surface area contributed by atoms with Crippen LogP contribution in [0.1, 0.15) is 37.1 Å². The van der Waals surface area contributed by atoms with Gasteiger partial charge >= 0.3 is 0 Å². The fourth-order valence-corrected chi connectivity index (χ4v) is 2.88. The molecule has 4 nitrogen and oxygen atoms in total. The molecule has 100 valence electrons. The molecular weight excluding hydrogens is 258 g/mol. The van der Waals surface area contributed by atoms with Gasteiger partial charge in [-0.2, -0.15) is 5.10 Å². The Balaban J connectivity index is 2.06. The van der Waals surface area contributed by atoms with E-state index >= 15 is 0 Å². The van der Waals surface area contributed by atoms with Crippen LogP contribution in [-0.4, -0.2) is 21.4 Å². The van der Waals surface area contributed by atoms with Crippen molar-refractivity contribution in [3.8, 4) is 5.75 Å². The zero-order valence-corrected chi connectivity index (χ0v) is 11.7. The third-order valence-corrected chi connectivity index (χ3v) is 3.82. The number of nitrogens with zero attached hydrogens (tertiary/aromatic N) is 2. The van der Waals surface area contributed by atoms with Crippen LogP contribution in [0.2, 0.25) is 0 Å². The molecule has 1 aliphatic rings. The van der Waals surface area contributed by atoms with E-state index in [2.05, 4.69) is 27.8 Å². The van der Waals surface area contributed by atoms with E-state index < -0.39 is 0 Å². The number of nitrogens with one attached hydrogen (secondary N) is 1. The summed E-state index contributed by atoms with van der Waals surface area (Å²) in [5, 5.41) is 7.37. The topological polar surface area (TPSA) is 42.8 Å². The van der Waals surface area contributed by atoms with Crippen molar-refractivity contribution in [2.75, 3.05) is 6.61 Å². The molecule has 2 aromatic rings. The molecule has 1 aliphatic heterocycles. The summed E-state index contributed by atoms with van der Waals surface area (Å²) in [5.74, 6) is 2.27. The van der Waals surface area contributed by atoms with Gasteiger partial charge in [-0.05, 0) is 31.1 Å². The van der Waals surface area contributed by atoms with Crippen LogP contribution < -0.4 is 4.74 Å². The van der Waals surface area contributed by atoms with Gasteiger partial charge in [0, 0.05) is 12.1 Å². The molecule has 1 unspecified atom stereocenters. The van der Waals surface area contributed by atoms with Crippen molar-refractivity contribution < 1.29 is 4.74 Å². The normalized spacial score (nSPS) is 17.8. The Morgan fingerprint density at radius 1 is 1.47 bits per heavy atom. The monoisotopic (exact) mass is 275 g/mol. The van der Waals surface area contributed by atoms with E-state index in [1.165, 1.54) is 5.56 Å². The third kappa shape index (κ3) is 2.18. The van der Waals surface area contributed by atoms with E-state index in [0.29, 0.717) is 4.77 Å². The number of fused-ring (bicyclic) bond motifs is 1. The Kier molecular flexibility index (Phi) is 3.38. The average Bonchev–Trinajstić information content (AvgIpc) is 2.80. The number of aromatic nitrogens is 3. The average molecular weight is 275 g/mol. The summed E-state index contributed by atoms with van der Waals surface area (Å²) >= 11 is 5.32. The molecule has 1 aromatic carbocycles. The molecule has 0 saturated carbocycles. The van der Waals surface area contributed by atoms with Gasteiger partial charge in [0.25, 0.3) is 0 Å². The lowest BCUT2D eigenvalue weighted by Gasteiger charge is -2.25. The highest BCUT2D eigenvalue weighted by molar-refractivity contribution is 7.71. The molecule has 1 N–H and O–H groups in total. The van der Waals surface area contributed by atoms with Gasteiger partial charge in [0.1, 0.15) is 11.6 Å². The quantitative estimate of drug-likeness (QED) is 0.874. The van der Waals surface area contributed by atoms with Crippen molar-refractivity contribution in [3.63, 3.8) is 0 Å². The molecule has 0 bridgehead atoms. The minimum Gasteiger partial charge on any atom is -0.493 e. The van der Waals surface area contributed by atoms with E-state index in [0.717, 1.165) is 37.6 Å². The van der Waals surface area contributed by atoms with E-state index in [1.807, 2.05) is 18.2 Å². The van der Waals surface area contributed by atoms with Crippen LogP contribution >= 0.6 is 12.2 Å². The summed E-state index contributed by atoms with van der Waals surface area (Å²) in [6.07, 6.45) is 1.99. The Morgan fingerprint density at radius 2 is 2.32 bits per heavy atom. The second-order valence-corrected chi connectivity index (χ2v) is 5.15. The SMILES string of the molecule is CCCn1c(C2CCOc3ccccc32)n[nH]c1=S. The van der Waals surface area contributed by atoms with Crippen LogP contribution in [0.15, 0.2) is 24.3 Å². The number of aromatic amines is 1. The number of hydrogen-bond donors (Lipinski definition) is 1. The van der Waals surface area contributed by atoms with Crippen molar-refractivity contribution in [1.29, 1.82) is 0 Å². The van der Waals surface area contributed by atoms with Crippen molar-refractivity contribution >= 4 is 12.2 Å². The van der Waals surface area contributed by atoms with Gasteiger partial charge in [0.15, 0.2) is 4.77 Å². The predicted molar refractivity (Wildman–Crippen MR) is 76.1 cm³/mol. The molecule has 0 aliphatic carbocycles. The lowest BCUT2D eigenvalue weighted by molar-refractivity contribution is 0.272. The largest absolute Gasteiger partial charge is 0.493 e. The maximum Gasteiger partial charge on any atom is 0.195 e. The first-order valence-electron chi connectivity index (χ1n) is 6.68. The van der Waals surface area contributed by atoms with Crippen LogP contribution in [0.5, 0.6) is 5.75 Å². The number of hydrogen-bond acceptors (Lipinski definition) is 3. The number of para-hydroxylation sites is 1. The standard InChI is InChI=1S/C14H17N3OS/c1-2-8-17-13(15-16-14(17)19)11-7-9-18-12-6-4-3-5-10(11)12/h3-6,11H,2,7-9H2,1H3,(H,16,19). The first-order valence-corrected chi connectivity index (χ1v) is 7.09. The second-order valence-electron chi connectivity index (χ2n) is 4.77. The van der Waals surface area contributed by atoms with Crippen molar-refractivity contribution in [2.24, 2.45) is 0 Å². The van der Waals surface area contributed by atoms with Gasteiger partial charge < -0.3 is 9.30 Å². The molecule has 0 fully saturated rings. The molecule has 0 saturated heterocycles. The van der Waals surface area contributed by atoms with Crippen molar-refractivity contribution in [3.05, 3.63) is 40.4 Å². The summed E-state index contributed by atoms with van der Waals surface area (Å²) in [7, 11) is 0. The molecule has 1 aromatic heterocycles. The smallest absolute Gasteiger partial charge is 0.195 e. The third-order valence-electron chi connectivity index (χ3n) is 3.51. The van der Waals surface area contributed by atoms with Crippen LogP contribution in [0, 0.1) is 4.77 Å². The van der Waals surface area contributed by atoms with Gasteiger partial charge in [-0.1, -0.05) is 25.1 Å². The summed E-state index contributed by atoms with van der Waals surface area (Å²) in [6.45, 7) is 3.79. The van der Waals surface area contributed by atoms with Crippen molar-refractivity contribution in [1.82, 2.24) is 14.8 Å². The van der Waals surface area contributed by atoms with E-state index in [4.69, 9.17) is 17.0 Å². The Morgan fingerprint density at radius 3 is 3.16 bits per heavy atom. The van der Waals surface area contributed by atoms with E-state index in [9.17, 15) is 0 Å². The van der Waals surface area contributed by atoms with Crippen LogP contribution in [0.3, 0.4) is 0 Å². The first-order chi connectivity index (χ1) is 9.31. The summed E-state index contributed by atoms with van der Waals surface area (Å²) in [4.78, 5) is 0. The second kappa shape index (κ2) is 5.17. The van der Waals surface area contributed by atoms with Gasteiger partial charge in [-0.3, -0.25) is 5.10 Å². The molecule has 2 heterocycles. The number of rotatable bonds is 3. The highest BCUT2D eigenvalue weighted by Gasteiger charge is 2.26. The molecular formula is C14H17N3OS. The van der Waals surface area contributed by atoms with Gasteiger partial charge in [-0.15, -0.1) is 0 Å². The fraction of sp³-hybridized carbons (Fsp3) is 0.429. The van der Waals surface area contributed by atoms with Crippen LogP contribution in [0.4, 0.5) is 0 Å². The van der Waals surface area contributed by atoms with Crippen LogP contribution in [-0.2, 0) is 6.54 Å². The Bertz CT molecular complexity index is 632.